The number of hydrogen-bond donors (Lipinski definition) is 2. The quantitative estimate of drug-likeness (QED) is 0.855. The molecule has 1 amide bonds. The molecular formula is C13H17N3O4. The average Bonchev–Trinajstić information content (AvgIpc) is 2.91. The van der Waals surface area contributed by atoms with Gasteiger partial charge >= 0.3 is 5.97 Å². The van der Waals surface area contributed by atoms with Crippen LogP contribution in [0.2, 0.25) is 0 Å². The number of carbonyl (C=O) groups is 2. The highest BCUT2D eigenvalue weighted by molar-refractivity contribution is 5.98. The minimum atomic E-state index is -0.960. The molecule has 0 bridgehead atoms. The number of carboxylic acid groups (broad SMARTS) is 1. The van der Waals surface area contributed by atoms with Gasteiger partial charge in [-0.3, -0.25) is 14.9 Å². The predicted molar refractivity (Wildman–Crippen MR) is 70.3 cm³/mol. The molecule has 0 spiro atoms. The number of nitrogens with zero attached hydrogens (tertiary/aromatic N) is 2. The second kappa shape index (κ2) is 4.73. The smallest absolute Gasteiger partial charge is 0.307 e. The lowest BCUT2D eigenvalue weighted by Crippen LogP contribution is -2.19. The first-order valence-electron chi connectivity index (χ1n) is 6.20. The molecule has 7 heteroatoms. The zero-order valence-electron chi connectivity index (χ0n) is 11.8. The van der Waals surface area contributed by atoms with Gasteiger partial charge in [-0.15, -0.1) is 0 Å². The van der Waals surface area contributed by atoms with E-state index >= 15 is 0 Å². The number of ether oxygens (including phenoxy) is 1. The number of aliphatic carboxylic acids is 1. The number of nitrogens with one attached hydrogen (secondary N) is 1. The van der Waals surface area contributed by atoms with Crippen LogP contribution in [0.15, 0.2) is 6.07 Å². The molecule has 20 heavy (non-hydrogen) atoms. The molecule has 1 aromatic heterocycles. The van der Waals surface area contributed by atoms with Crippen LogP contribution in [0.5, 0.6) is 5.88 Å². The van der Waals surface area contributed by atoms with E-state index in [-0.39, 0.29) is 11.9 Å². The Balaban J connectivity index is 2.13. The van der Waals surface area contributed by atoms with Crippen molar-refractivity contribution in [1.29, 1.82) is 0 Å². The third kappa shape index (κ3) is 2.43. The van der Waals surface area contributed by atoms with Gasteiger partial charge in [0, 0.05) is 11.8 Å². The summed E-state index contributed by atoms with van der Waals surface area (Å²) in [4.78, 5) is 31.3. The summed E-state index contributed by atoms with van der Waals surface area (Å²) in [6, 6.07) is 1.64. The van der Waals surface area contributed by atoms with Gasteiger partial charge in [0.15, 0.2) is 0 Å². The van der Waals surface area contributed by atoms with Crippen molar-refractivity contribution in [1.82, 2.24) is 9.97 Å². The molecule has 2 rings (SSSR count). The van der Waals surface area contributed by atoms with Crippen LogP contribution in [0.4, 0.5) is 5.95 Å². The first-order valence-corrected chi connectivity index (χ1v) is 6.20. The fourth-order valence-electron chi connectivity index (χ4n) is 2.48. The van der Waals surface area contributed by atoms with Gasteiger partial charge in [0.1, 0.15) is 0 Å². The van der Waals surface area contributed by atoms with E-state index in [2.05, 4.69) is 15.3 Å². The number of carbonyl (C=O) groups excluding carboxylic acids is 1. The first-order chi connectivity index (χ1) is 9.27. The highest BCUT2D eigenvalue weighted by Crippen LogP contribution is 2.58. The molecule has 2 N–H and O–H groups in total. The van der Waals surface area contributed by atoms with Crippen molar-refractivity contribution >= 4 is 17.8 Å². The molecule has 0 radical (unpaired) electrons. The summed E-state index contributed by atoms with van der Waals surface area (Å²) in [6.45, 7) is 5.27. The van der Waals surface area contributed by atoms with Gasteiger partial charge in [-0.25, -0.2) is 4.98 Å². The zero-order valence-corrected chi connectivity index (χ0v) is 11.8. The normalized spacial score (nSPS) is 23.0. The van der Waals surface area contributed by atoms with Crippen molar-refractivity contribution in [2.24, 2.45) is 17.3 Å². The summed E-state index contributed by atoms with van der Waals surface area (Å²) in [5.74, 6) is -2.12. The number of aryl methyl sites for hydroxylation is 1. The highest BCUT2D eigenvalue weighted by atomic mass is 16.5. The minimum Gasteiger partial charge on any atom is -0.481 e. The van der Waals surface area contributed by atoms with E-state index in [0.717, 1.165) is 0 Å². The molecule has 1 aliphatic carbocycles. The van der Waals surface area contributed by atoms with Crippen LogP contribution in [-0.2, 0) is 9.59 Å². The maximum atomic E-state index is 12.1. The number of aromatic nitrogens is 2. The van der Waals surface area contributed by atoms with E-state index in [9.17, 15) is 9.59 Å². The predicted octanol–water partition coefficient (Wildman–Crippen LogP) is 1.09. The summed E-state index contributed by atoms with van der Waals surface area (Å²) in [5, 5.41) is 11.6. The van der Waals surface area contributed by atoms with Crippen LogP contribution < -0.4 is 10.1 Å². The second-order valence-electron chi connectivity index (χ2n) is 5.48. The molecule has 1 heterocycles. The minimum absolute atomic E-state index is 0.124. The van der Waals surface area contributed by atoms with Crippen molar-refractivity contribution in [2.45, 2.75) is 20.8 Å². The van der Waals surface area contributed by atoms with Gasteiger partial charge in [0.05, 0.1) is 18.9 Å². The Morgan fingerprint density at radius 1 is 1.35 bits per heavy atom. The van der Waals surface area contributed by atoms with Gasteiger partial charge in [0.2, 0.25) is 17.7 Å². The maximum absolute atomic E-state index is 12.1. The van der Waals surface area contributed by atoms with E-state index in [1.165, 1.54) is 7.11 Å². The van der Waals surface area contributed by atoms with Crippen molar-refractivity contribution < 1.29 is 19.4 Å². The summed E-state index contributed by atoms with van der Waals surface area (Å²) in [7, 11) is 1.47. The molecule has 1 fully saturated rings. The van der Waals surface area contributed by atoms with Gasteiger partial charge < -0.3 is 9.84 Å². The molecule has 0 unspecified atom stereocenters. The number of rotatable bonds is 4. The summed E-state index contributed by atoms with van der Waals surface area (Å²) in [5.41, 5.74) is 0.0982. The van der Waals surface area contributed by atoms with Crippen LogP contribution in [0, 0.1) is 24.2 Å². The van der Waals surface area contributed by atoms with E-state index in [0.29, 0.717) is 11.6 Å². The molecule has 7 nitrogen and oxygen atoms in total. The molecule has 108 valence electrons. The Bertz CT molecular complexity index is 571. The Morgan fingerprint density at radius 3 is 2.50 bits per heavy atom. The number of amides is 1. The standard InChI is InChI=1S/C13H17N3O4/c1-6-5-7(20-4)15-12(14-6)16-10(17)8-9(11(18)19)13(8,2)3/h5,8-9H,1-4H3,(H,18,19)(H,14,15,16,17)/t8-,9+/m1/s1. The van der Waals surface area contributed by atoms with Crippen molar-refractivity contribution in [3.05, 3.63) is 11.8 Å². The van der Waals surface area contributed by atoms with E-state index in [1.54, 1.807) is 26.8 Å². The van der Waals surface area contributed by atoms with Crippen LogP contribution >= 0.6 is 0 Å². The fraction of sp³-hybridized carbons (Fsp3) is 0.538. The third-order valence-electron chi connectivity index (χ3n) is 3.65. The SMILES string of the molecule is COc1cc(C)nc(NC(=O)[C@H]2[C@@H](C(=O)O)C2(C)C)n1. The maximum Gasteiger partial charge on any atom is 0.307 e. The lowest BCUT2D eigenvalue weighted by atomic mass is 10.1. The summed E-state index contributed by atoms with van der Waals surface area (Å²) < 4.78 is 5.00. The Hall–Kier alpha value is -2.18. The molecule has 0 aromatic carbocycles. The Kier molecular flexibility index (Phi) is 3.37. The van der Waals surface area contributed by atoms with Crippen molar-refractivity contribution in [3.63, 3.8) is 0 Å². The van der Waals surface area contributed by atoms with E-state index < -0.39 is 23.2 Å². The molecule has 0 saturated heterocycles. The van der Waals surface area contributed by atoms with Gasteiger partial charge in [-0.1, -0.05) is 13.8 Å². The first kappa shape index (κ1) is 14.2. The lowest BCUT2D eigenvalue weighted by molar-refractivity contribution is -0.140. The monoisotopic (exact) mass is 279 g/mol. The summed E-state index contributed by atoms with van der Waals surface area (Å²) >= 11 is 0. The van der Waals surface area contributed by atoms with Gasteiger partial charge in [-0.05, 0) is 12.3 Å². The second-order valence-corrected chi connectivity index (χ2v) is 5.48. The summed E-state index contributed by atoms with van der Waals surface area (Å²) in [6.07, 6.45) is 0. The van der Waals surface area contributed by atoms with Crippen LogP contribution in [0.1, 0.15) is 19.5 Å². The van der Waals surface area contributed by atoms with Crippen molar-refractivity contribution in [3.8, 4) is 5.88 Å². The zero-order chi connectivity index (χ0) is 15.1. The van der Waals surface area contributed by atoms with E-state index in [4.69, 9.17) is 9.84 Å². The Labute approximate surface area is 116 Å². The molecule has 0 aliphatic heterocycles. The number of anilines is 1. The Morgan fingerprint density at radius 2 is 2.00 bits per heavy atom. The number of methoxy groups -OCH3 is 1. The molecular weight excluding hydrogens is 262 g/mol. The van der Waals surface area contributed by atoms with E-state index in [1.807, 2.05) is 0 Å². The largest absolute Gasteiger partial charge is 0.481 e. The van der Waals surface area contributed by atoms with Crippen LogP contribution in [0.3, 0.4) is 0 Å². The van der Waals surface area contributed by atoms with Crippen LogP contribution in [0.25, 0.3) is 0 Å². The lowest BCUT2D eigenvalue weighted by Gasteiger charge is -2.07. The molecule has 1 saturated carbocycles. The average molecular weight is 279 g/mol. The molecule has 1 aliphatic rings. The molecule has 2 atom stereocenters. The third-order valence-corrected chi connectivity index (χ3v) is 3.65. The topological polar surface area (TPSA) is 101 Å². The van der Waals surface area contributed by atoms with Gasteiger partial charge in [-0.2, -0.15) is 4.98 Å². The van der Waals surface area contributed by atoms with Crippen LogP contribution in [-0.4, -0.2) is 34.1 Å². The van der Waals surface area contributed by atoms with Crippen molar-refractivity contribution in [2.75, 3.05) is 12.4 Å². The number of carboxylic acids is 1. The molecule has 1 aromatic rings. The number of hydrogen-bond acceptors (Lipinski definition) is 5. The highest BCUT2D eigenvalue weighted by Gasteiger charge is 2.66. The fourth-order valence-corrected chi connectivity index (χ4v) is 2.48. The van der Waals surface area contributed by atoms with Gasteiger partial charge in [0.25, 0.3) is 0 Å².